The minimum atomic E-state index is -0.578. The van der Waals surface area contributed by atoms with E-state index in [0.717, 1.165) is 24.3 Å². The van der Waals surface area contributed by atoms with Gasteiger partial charge in [0.25, 0.3) is 0 Å². The topological polar surface area (TPSA) is 34.1 Å². The van der Waals surface area contributed by atoms with Crippen LogP contribution in [0.1, 0.15) is 18.2 Å². The highest BCUT2D eigenvalue weighted by Gasteiger charge is 2.10. The van der Waals surface area contributed by atoms with Gasteiger partial charge in [-0.2, -0.15) is 0 Å². The zero-order chi connectivity index (χ0) is 14.5. The summed E-state index contributed by atoms with van der Waals surface area (Å²) in [5.74, 6) is -0.155. The lowest BCUT2D eigenvalue weighted by Gasteiger charge is -2.10. The molecule has 0 bridgehead atoms. The number of benzene rings is 1. The molecule has 0 aliphatic rings. The van der Waals surface area contributed by atoms with Crippen LogP contribution < -0.4 is 10.1 Å². The van der Waals surface area contributed by atoms with Crippen LogP contribution in [0.25, 0.3) is 0 Å². The van der Waals surface area contributed by atoms with Crippen LogP contribution in [0.2, 0.25) is 5.02 Å². The number of halogens is 2. The lowest BCUT2D eigenvalue weighted by molar-refractivity contribution is 0.426. The van der Waals surface area contributed by atoms with Gasteiger partial charge in [-0.3, -0.25) is 0 Å². The monoisotopic (exact) mass is 294 g/mol. The SMILES string of the molecule is CCNCc1ccc(Oc2cccc(Cl)c2F)nc1C. The Labute approximate surface area is 122 Å². The van der Waals surface area contributed by atoms with Crippen LogP contribution in [0.15, 0.2) is 30.3 Å². The third kappa shape index (κ3) is 3.46. The second kappa shape index (κ2) is 6.68. The van der Waals surface area contributed by atoms with Crippen molar-refractivity contribution >= 4 is 11.6 Å². The minimum absolute atomic E-state index is 0.0305. The van der Waals surface area contributed by atoms with E-state index in [-0.39, 0.29) is 10.8 Å². The zero-order valence-corrected chi connectivity index (χ0v) is 12.2. The summed E-state index contributed by atoms with van der Waals surface area (Å²) in [6, 6.07) is 8.27. The van der Waals surface area contributed by atoms with Crippen LogP contribution in [0.4, 0.5) is 4.39 Å². The summed E-state index contributed by atoms with van der Waals surface area (Å²) in [5, 5.41) is 3.26. The first kappa shape index (κ1) is 14.8. The van der Waals surface area contributed by atoms with E-state index in [9.17, 15) is 4.39 Å². The molecule has 1 N–H and O–H groups in total. The Hall–Kier alpha value is -1.65. The van der Waals surface area contributed by atoms with Crippen LogP contribution >= 0.6 is 11.6 Å². The summed E-state index contributed by atoms with van der Waals surface area (Å²) in [4.78, 5) is 4.32. The highest BCUT2D eigenvalue weighted by Crippen LogP contribution is 2.28. The fraction of sp³-hybridized carbons (Fsp3) is 0.267. The van der Waals surface area contributed by atoms with Gasteiger partial charge in [0.15, 0.2) is 11.6 Å². The number of aromatic nitrogens is 1. The van der Waals surface area contributed by atoms with Gasteiger partial charge in [0, 0.05) is 18.3 Å². The standard InChI is InChI=1S/C15H16ClFN2O/c1-3-18-9-11-7-8-14(19-10(11)2)20-13-6-4-5-12(16)15(13)17/h4-8,18H,3,9H2,1-2H3. The Morgan fingerprint density at radius 1 is 1.30 bits per heavy atom. The van der Waals surface area contributed by atoms with Gasteiger partial charge in [-0.15, -0.1) is 0 Å². The summed E-state index contributed by atoms with van der Waals surface area (Å²) in [5.41, 5.74) is 1.94. The first-order chi connectivity index (χ1) is 9.61. The molecule has 0 saturated carbocycles. The van der Waals surface area contributed by atoms with Crippen molar-refractivity contribution in [1.82, 2.24) is 10.3 Å². The van der Waals surface area contributed by atoms with Gasteiger partial charge in [-0.05, 0) is 31.2 Å². The molecule has 0 spiro atoms. The normalized spacial score (nSPS) is 10.6. The number of ether oxygens (including phenoxy) is 1. The van der Waals surface area contributed by atoms with Crippen molar-refractivity contribution in [2.24, 2.45) is 0 Å². The van der Waals surface area contributed by atoms with Crippen molar-refractivity contribution in [2.75, 3.05) is 6.54 Å². The van der Waals surface area contributed by atoms with Crippen molar-refractivity contribution in [3.63, 3.8) is 0 Å². The molecule has 0 saturated heterocycles. The molecule has 0 radical (unpaired) electrons. The Kier molecular flexibility index (Phi) is 4.93. The van der Waals surface area contributed by atoms with Crippen LogP contribution in [-0.2, 0) is 6.54 Å². The molecule has 0 aliphatic carbocycles. The highest BCUT2D eigenvalue weighted by atomic mass is 35.5. The molecular weight excluding hydrogens is 279 g/mol. The van der Waals surface area contributed by atoms with Gasteiger partial charge in [-0.1, -0.05) is 30.7 Å². The Bertz CT molecular complexity index is 604. The van der Waals surface area contributed by atoms with E-state index in [4.69, 9.17) is 16.3 Å². The van der Waals surface area contributed by atoms with Gasteiger partial charge in [0.05, 0.1) is 5.02 Å². The fourth-order valence-corrected chi connectivity index (χ4v) is 1.91. The third-order valence-corrected chi connectivity index (χ3v) is 3.16. The van der Waals surface area contributed by atoms with Gasteiger partial charge < -0.3 is 10.1 Å². The number of nitrogens with one attached hydrogen (secondary N) is 1. The highest BCUT2D eigenvalue weighted by molar-refractivity contribution is 6.30. The fourth-order valence-electron chi connectivity index (χ4n) is 1.75. The first-order valence-corrected chi connectivity index (χ1v) is 6.78. The van der Waals surface area contributed by atoms with E-state index < -0.39 is 5.82 Å². The molecule has 2 rings (SSSR count). The lowest BCUT2D eigenvalue weighted by atomic mass is 10.2. The first-order valence-electron chi connectivity index (χ1n) is 6.41. The maximum atomic E-state index is 13.7. The lowest BCUT2D eigenvalue weighted by Crippen LogP contribution is -2.13. The van der Waals surface area contributed by atoms with E-state index in [1.165, 1.54) is 12.1 Å². The molecule has 0 amide bonds. The molecule has 106 valence electrons. The van der Waals surface area contributed by atoms with E-state index in [1.807, 2.05) is 19.9 Å². The molecule has 0 fully saturated rings. The van der Waals surface area contributed by atoms with Crippen LogP contribution in [0, 0.1) is 12.7 Å². The molecule has 1 aromatic heterocycles. The molecule has 0 atom stereocenters. The van der Waals surface area contributed by atoms with Crippen molar-refractivity contribution in [1.29, 1.82) is 0 Å². The Balaban J connectivity index is 2.18. The van der Waals surface area contributed by atoms with Gasteiger partial charge in [0.2, 0.25) is 5.88 Å². The summed E-state index contributed by atoms with van der Waals surface area (Å²) < 4.78 is 19.2. The van der Waals surface area contributed by atoms with Crippen molar-refractivity contribution in [2.45, 2.75) is 20.4 Å². The maximum absolute atomic E-state index is 13.7. The molecular formula is C15H16ClFN2O. The molecule has 3 nitrogen and oxygen atoms in total. The molecule has 1 aromatic carbocycles. The average molecular weight is 295 g/mol. The number of hydrogen-bond acceptors (Lipinski definition) is 3. The second-order valence-electron chi connectivity index (χ2n) is 4.33. The van der Waals surface area contributed by atoms with Gasteiger partial charge >= 0.3 is 0 Å². The van der Waals surface area contributed by atoms with E-state index in [2.05, 4.69) is 10.3 Å². The van der Waals surface area contributed by atoms with Crippen molar-refractivity contribution in [3.05, 3.63) is 52.4 Å². The third-order valence-electron chi connectivity index (χ3n) is 2.87. The summed E-state index contributed by atoms with van der Waals surface area (Å²) in [6.07, 6.45) is 0. The quantitative estimate of drug-likeness (QED) is 0.902. The number of pyridine rings is 1. The molecule has 0 aliphatic heterocycles. The van der Waals surface area contributed by atoms with Crippen LogP contribution in [0.3, 0.4) is 0 Å². The predicted octanol–water partition coefficient (Wildman–Crippen LogP) is 4.08. The molecule has 1 heterocycles. The van der Waals surface area contributed by atoms with Crippen molar-refractivity contribution in [3.8, 4) is 11.6 Å². The van der Waals surface area contributed by atoms with E-state index >= 15 is 0 Å². The Morgan fingerprint density at radius 3 is 2.80 bits per heavy atom. The van der Waals surface area contributed by atoms with Crippen LogP contribution in [0.5, 0.6) is 11.6 Å². The number of rotatable bonds is 5. The molecule has 0 unspecified atom stereocenters. The largest absolute Gasteiger partial charge is 0.436 e. The zero-order valence-electron chi connectivity index (χ0n) is 11.4. The van der Waals surface area contributed by atoms with Gasteiger partial charge in [-0.25, -0.2) is 9.37 Å². The second-order valence-corrected chi connectivity index (χ2v) is 4.74. The summed E-state index contributed by atoms with van der Waals surface area (Å²) in [6.45, 7) is 5.59. The molecule has 20 heavy (non-hydrogen) atoms. The number of nitrogens with zero attached hydrogens (tertiary/aromatic N) is 1. The number of hydrogen-bond donors (Lipinski definition) is 1. The average Bonchev–Trinajstić information content (AvgIpc) is 2.43. The predicted molar refractivity (Wildman–Crippen MR) is 77.8 cm³/mol. The van der Waals surface area contributed by atoms with Crippen molar-refractivity contribution < 1.29 is 9.13 Å². The Morgan fingerprint density at radius 2 is 2.10 bits per heavy atom. The van der Waals surface area contributed by atoms with Crippen LogP contribution in [-0.4, -0.2) is 11.5 Å². The van der Waals surface area contributed by atoms with E-state index in [1.54, 1.807) is 12.1 Å². The van der Waals surface area contributed by atoms with Gasteiger partial charge in [0.1, 0.15) is 0 Å². The molecule has 5 heteroatoms. The minimum Gasteiger partial charge on any atom is -0.436 e. The summed E-state index contributed by atoms with van der Waals surface area (Å²) in [7, 11) is 0. The van der Waals surface area contributed by atoms with E-state index in [0.29, 0.717) is 5.88 Å². The summed E-state index contributed by atoms with van der Waals surface area (Å²) >= 11 is 5.71. The smallest absolute Gasteiger partial charge is 0.219 e. The number of aryl methyl sites for hydroxylation is 1. The molecule has 2 aromatic rings. The maximum Gasteiger partial charge on any atom is 0.219 e.